The van der Waals surface area contributed by atoms with Gasteiger partial charge >= 0.3 is 0 Å². The average Bonchev–Trinajstić information content (AvgIpc) is 2.58. The number of anilines is 1. The van der Waals surface area contributed by atoms with E-state index in [0.29, 0.717) is 23.7 Å². The minimum Gasteiger partial charge on any atom is -0.490 e. The van der Waals surface area contributed by atoms with E-state index in [1.165, 1.54) is 6.07 Å². The molecule has 1 N–H and O–H groups in total. The lowest BCUT2D eigenvalue weighted by atomic mass is 9.90. The standard InChI is InChI=1S/C20H21FN2O2S/c1-4-24-17-7-5-6-14-16-11-20(3,25-18(14)17)23(19(26)22-16)13-8-9-15(21)12(2)10-13/h5-10,16H,4,11H2,1-3H3,(H,22,26)/t16-,20+/m1/s1. The van der Waals surface area contributed by atoms with Gasteiger partial charge in [-0.05, 0) is 62.8 Å². The van der Waals surface area contributed by atoms with Crippen molar-refractivity contribution in [3.8, 4) is 11.5 Å². The zero-order valence-electron chi connectivity index (χ0n) is 15.0. The molecule has 1 saturated heterocycles. The summed E-state index contributed by atoms with van der Waals surface area (Å²) in [5.41, 5.74) is 1.74. The van der Waals surface area contributed by atoms with Crippen LogP contribution in [0.5, 0.6) is 11.5 Å². The molecule has 4 nitrogen and oxygen atoms in total. The quantitative estimate of drug-likeness (QED) is 0.804. The van der Waals surface area contributed by atoms with E-state index in [0.717, 1.165) is 22.7 Å². The minimum absolute atomic E-state index is 0.0504. The molecule has 0 spiro atoms. The largest absolute Gasteiger partial charge is 0.490 e. The molecule has 2 heterocycles. The van der Waals surface area contributed by atoms with Crippen LogP contribution < -0.4 is 19.7 Å². The van der Waals surface area contributed by atoms with E-state index in [1.807, 2.05) is 36.9 Å². The highest BCUT2D eigenvalue weighted by molar-refractivity contribution is 7.80. The van der Waals surface area contributed by atoms with Gasteiger partial charge in [-0.15, -0.1) is 0 Å². The van der Waals surface area contributed by atoms with E-state index in [1.54, 1.807) is 19.1 Å². The Labute approximate surface area is 157 Å². The number of ether oxygens (including phenoxy) is 2. The van der Waals surface area contributed by atoms with Crippen molar-refractivity contribution in [1.82, 2.24) is 5.32 Å². The summed E-state index contributed by atoms with van der Waals surface area (Å²) in [7, 11) is 0. The third kappa shape index (κ3) is 2.60. The Balaban J connectivity index is 1.80. The molecular weight excluding hydrogens is 351 g/mol. The Hall–Kier alpha value is -2.34. The van der Waals surface area contributed by atoms with Crippen LogP contribution in [0.15, 0.2) is 36.4 Å². The minimum atomic E-state index is -0.683. The first-order chi connectivity index (χ1) is 12.4. The van der Waals surface area contributed by atoms with Crippen LogP contribution in [0, 0.1) is 12.7 Å². The van der Waals surface area contributed by atoms with Crippen LogP contribution in [0.25, 0.3) is 0 Å². The van der Waals surface area contributed by atoms with Gasteiger partial charge in [0.2, 0.25) is 0 Å². The van der Waals surface area contributed by atoms with Gasteiger partial charge in [-0.1, -0.05) is 12.1 Å². The first-order valence-electron chi connectivity index (χ1n) is 8.74. The van der Waals surface area contributed by atoms with E-state index in [9.17, 15) is 4.39 Å². The number of halogens is 1. The molecule has 2 bridgehead atoms. The lowest BCUT2D eigenvalue weighted by Gasteiger charge is -2.52. The molecule has 0 aromatic heterocycles. The molecule has 26 heavy (non-hydrogen) atoms. The Bertz CT molecular complexity index is 888. The number of hydrogen-bond acceptors (Lipinski definition) is 3. The van der Waals surface area contributed by atoms with Gasteiger partial charge in [-0.3, -0.25) is 4.90 Å². The second kappa shape index (κ2) is 6.13. The number of rotatable bonds is 3. The zero-order chi connectivity index (χ0) is 18.5. The Morgan fingerprint density at radius 2 is 2.19 bits per heavy atom. The maximum absolute atomic E-state index is 13.7. The summed E-state index contributed by atoms with van der Waals surface area (Å²) in [6.07, 6.45) is 0.714. The maximum atomic E-state index is 13.7. The number of fused-ring (bicyclic) bond motifs is 4. The Kier molecular flexibility index (Phi) is 4.03. The van der Waals surface area contributed by atoms with Crippen LogP contribution in [0.2, 0.25) is 0 Å². The molecule has 0 aliphatic carbocycles. The predicted molar refractivity (Wildman–Crippen MR) is 103 cm³/mol. The molecule has 2 aliphatic heterocycles. The molecule has 2 aromatic carbocycles. The molecule has 6 heteroatoms. The van der Waals surface area contributed by atoms with Gasteiger partial charge in [-0.25, -0.2) is 4.39 Å². The third-order valence-corrected chi connectivity index (χ3v) is 5.26. The number of para-hydroxylation sites is 1. The van der Waals surface area contributed by atoms with Crippen molar-refractivity contribution in [2.24, 2.45) is 0 Å². The summed E-state index contributed by atoms with van der Waals surface area (Å²) in [6.45, 7) is 6.27. The summed E-state index contributed by atoms with van der Waals surface area (Å²) in [5.74, 6) is 1.24. The number of benzene rings is 2. The third-order valence-electron chi connectivity index (χ3n) is 4.96. The molecular formula is C20H21FN2O2S. The van der Waals surface area contributed by atoms with E-state index in [4.69, 9.17) is 21.7 Å². The Morgan fingerprint density at radius 1 is 1.38 bits per heavy atom. The normalized spacial score (nSPS) is 23.8. The van der Waals surface area contributed by atoms with Crippen molar-refractivity contribution in [2.75, 3.05) is 11.5 Å². The molecule has 2 aromatic rings. The van der Waals surface area contributed by atoms with Gasteiger partial charge in [0.1, 0.15) is 5.82 Å². The first kappa shape index (κ1) is 17.1. The van der Waals surface area contributed by atoms with E-state index in [2.05, 4.69) is 5.32 Å². The summed E-state index contributed by atoms with van der Waals surface area (Å²) in [6, 6.07) is 11.0. The van der Waals surface area contributed by atoms with Crippen LogP contribution >= 0.6 is 12.2 Å². The van der Waals surface area contributed by atoms with Crippen LogP contribution in [0.4, 0.5) is 10.1 Å². The van der Waals surface area contributed by atoms with Gasteiger partial charge in [-0.2, -0.15) is 0 Å². The summed E-state index contributed by atoms with van der Waals surface area (Å²) < 4.78 is 26.0. The van der Waals surface area contributed by atoms with Crippen LogP contribution in [-0.2, 0) is 0 Å². The lowest BCUT2D eigenvalue weighted by molar-refractivity contribution is 0.0457. The van der Waals surface area contributed by atoms with Crippen LogP contribution in [0.3, 0.4) is 0 Å². The SMILES string of the molecule is CCOc1cccc2c1O[C@@]1(C)C[C@H]2NC(=S)N1c1ccc(F)c(C)c1. The summed E-state index contributed by atoms with van der Waals surface area (Å²) >= 11 is 5.63. The van der Waals surface area contributed by atoms with Crippen molar-refractivity contribution in [3.05, 3.63) is 53.3 Å². The molecule has 1 fully saturated rings. The molecule has 4 rings (SSSR count). The molecule has 0 radical (unpaired) electrons. The fraction of sp³-hybridized carbons (Fsp3) is 0.350. The molecule has 2 aliphatic rings. The average molecular weight is 372 g/mol. The number of aryl methyl sites for hydroxylation is 1. The number of nitrogens with one attached hydrogen (secondary N) is 1. The van der Waals surface area contributed by atoms with E-state index in [-0.39, 0.29) is 11.9 Å². The molecule has 136 valence electrons. The van der Waals surface area contributed by atoms with Crippen molar-refractivity contribution in [3.63, 3.8) is 0 Å². The highest BCUT2D eigenvalue weighted by Gasteiger charge is 2.49. The highest BCUT2D eigenvalue weighted by Crippen LogP contribution is 2.49. The van der Waals surface area contributed by atoms with Gasteiger partial charge < -0.3 is 14.8 Å². The number of thiocarbonyl (C=S) groups is 1. The van der Waals surface area contributed by atoms with Gasteiger partial charge in [0.15, 0.2) is 22.3 Å². The molecule has 0 amide bonds. The van der Waals surface area contributed by atoms with Crippen molar-refractivity contribution >= 4 is 23.0 Å². The summed E-state index contributed by atoms with van der Waals surface area (Å²) in [4.78, 5) is 1.93. The molecule has 2 atom stereocenters. The highest BCUT2D eigenvalue weighted by atomic mass is 32.1. The fourth-order valence-corrected chi connectivity index (χ4v) is 4.23. The topological polar surface area (TPSA) is 33.7 Å². The van der Waals surface area contributed by atoms with E-state index >= 15 is 0 Å². The predicted octanol–water partition coefficient (Wildman–Crippen LogP) is 4.47. The van der Waals surface area contributed by atoms with Crippen molar-refractivity contribution in [1.29, 1.82) is 0 Å². The fourth-order valence-electron chi connectivity index (χ4n) is 3.79. The summed E-state index contributed by atoms with van der Waals surface area (Å²) in [5, 5.41) is 3.98. The lowest BCUT2D eigenvalue weighted by Crippen LogP contribution is -2.65. The van der Waals surface area contributed by atoms with Gasteiger partial charge in [0, 0.05) is 17.7 Å². The second-order valence-electron chi connectivity index (χ2n) is 6.86. The zero-order valence-corrected chi connectivity index (χ0v) is 15.8. The van der Waals surface area contributed by atoms with Crippen molar-refractivity contribution in [2.45, 2.75) is 39.0 Å². The first-order valence-corrected chi connectivity index (χ1v) is 9.15. The van der Waals surface area contributed by atoms with Crippen LogP contribution in [0.1, 0.15) is 37.4 Å². The molecule has 0 unspecified atom stereocenters. The van der Waals surface area contributed by atoms with Gasteiger partial charge in [0.05, 0.1) is 12.6 Å². The number of hydrogen-bond donors (Lipinski definition) is 1. The van der Waals surface area contributed by atoms with Crippen molar-refractivity contribution < 1.29 is 13.9 Å². The second-order valence-corrected chi connectivity index (χ2v) is 7.25. The Morgan fingerprint density at radius 3 is 2.92 bits per heavy atom. The molecule has 0 saturated carbocycles. The van der Waals surface area contributed by atoms with Crippen LogP contribution in [-0.4, -0.2) is 17.4 Å². The van der Waals surface area contributed by atoms with E-state index < -0.39 is 5.72 Å². The number of nitrogens with zero attached hydrogens (tertiary/aromatic N) is 1. The van der Waals surface area contributed by atoms with Gasteiger partial charge in [0.25, 0.3) is 0 Å². The smallest absolute Gasteiger partial charge is 0.188 e. The monoisotopic (exact) mass is 372 g/mol. The maximum Gasteiger partial charge on any atom is 0.188 e.